The predicted octanol–water partition coefficient (Wildman–Crippen LogP) is 5.18. The van der Waals surface area contributed by atoms with Crippen LogP contribution >= 0.6 is 0 Å². The molecule has 0 aliphatic heterocycles. The highest BCUT2D eigenvalue weighted by Crippen LogP contribution is 2.23. The molecule has 0 radical (unpaired) electrons. The second kappa shape index (κ2) is 7.11. The fourth-order valence-corrected chi connectivity index (χ4v) is 2.66. The maximum absolute atomic E-state index is 6.33. The average Bonchev–Trinajstić information content (AvgIpc) is 2.52. The number of rotatable bonds is 5. The molecule has 2 aromatic carbocycles. The van der Waals surface area contributed by atoms with Gasteiger partial charge in [-0.25, -0.2) is 0 Å². The first-order chi connectivity index (χ1) is 10.4. The van der Waals surface area contributed by atoms with Crippen molar-refractivity contribution in [2.24, 2.45) is 5.73 Å². The Morgan fingerprint density at radius 3 is 1.91 bits per heavy atom. The number of hydrogen-bond donors (Lipinski definition) is 1. The third-order valence-electron chi connectivity index (χ3n) is 4.38. The number of nitrogens with two attached hydrogens (primary N) is 1. The third kappa shape index (κ3) is 4.45. The summed E-state index contributed by atoms with van der Waals surface area (Å²) in [6, 6.07) is 17.8. The summed E-state index contributed by atoms with van der Waals surface area (Å²) in [6.45, 7) is 8.92. The van der Waals surface area contributed by atoms with Gasteiger partial charge in [0.05, 0.1) is 0 Å². The molecule has 118 valence electrons. The Bertz CT molecular complexity index is 573. The van der Waals surface area contributed by atoms with E-state index >= 15 is 0 Å². The lowest BCUT2D eigenvalue weighted by molar-refractivity contribution is 0.589. The maximum Gasteiger partial charge on any atom is 0.0298 e. The van der Waals surface area contributed by atoms with E-state index in [9.17, 15) is 0 Å². The zero-order valence-electron chi connectivity index (χ0n) is 14.4. The van der Waals surface area contributed by atoms with Crippen molar-refractivity contribution in [3.8, 4) is 0 Å². The Morgan fingerprint density at radius 1 is 0.864 bits per heavy atom. The van der Waals surface area contributed by atoms with Crippen molar-refractivity contribution in [1.29, 1.82) is 0 Å². The molecule has 1 atom stereocenters. The smallest absolute Gasteiger partial charge is 0.0298 e. The van der Waals surface area contributed by atoms with Gasteiger partial charge in [0.25, 0.3) is 0 Å². The molecular weight excluding hydrogens is 266 g/mol. The van der Waals surface area contributed by atoms with Crippen molar-refractivity contribution in [1.82, 2.24) is 0 Å². The van der Waals surface area contributed by atoms with E-state index in [1.54, 1.807) is 0 Å². The lowest BCUT2D eigenvalue weighted by atomic mass is 9.86. The van der Waals surface area contributed by atoms with Gasteiger partial charge in [0.1, 0.15) is 0 Å². The summed E-state index contributed by atoms with van der Waals surface area (Å²) >= 11 is 0. The molecule has 0 aliphatic rings. The van der Waals surface area contributed by atoms with Crippen LogP contribution in [-0.4, -0.2) is 0 Å². The molecule has 0 amide bonds. The van der Waals surface area contributed by atoms with E-state index in [0.717, 1.165) is 19.3 Å². The first kappa shape index (κ1) is 16.8. The minimum Gasteiger partial charge on any atom is -0.324 e. The standard InChI is InChI=1S/C21H29N/c1-5-16-6-11-18(12-7-16)20(22)15-10-17-8-13-19(14-9-17)21(2,3)4/h6-9,11-14,20H,5,10,15,22H2,1-4H3. The molecule has 0 fully saturated rings. The highest BCUT2D eigenvalue weighted by Gasteiger charge is 2.13. The molecule has 1 nitrogen and oxygen atoms in total. The van der Waals surface area contributed by atoms with E-state index in [0.29, 0.717) is 0 Å². The van der Waals surface area contributed by atoms with Gasteiger partial charge in [-0.3, -0.25) is 0 Å². The van der Waals surface area contributed by atoms with Crippen molar-refractivity contribution in [3.63, 3.8) is 0 Å². The highest BCUT2D eigenvalue weighted by atomic mass is 14.6. The van der Waals surface area contributed by atoms with E-state index in [1.807, 2.05) is 0 Å². The summed E-state index contributed by atoms with van der Waals surface area (Å²) in [5, 5.41) is 0. The minimum absolute atomic E-state index is 0.119. The molecule has 0 saturated carbocycles. The van der Waals surface area contributed by atoms with Crippen LogP contribution in [0, 0.1) is 0 Å². The minimum atomic E-state index is 0.119. The zero-order valence-corrected chi connectivity index (χ0v) is 14.4. The van der Waals surface area contributed by atoms with Gasteiger partial charge in [0, 0.05) is 6.04 Å². The summed E-state index contributed by atoms with van der Waals surface area (Å²) in [7, 11) is 0. The van der Waals surface area contributed by atoms with Crippen LogP contribution in [0.4, 0.5) is 0 Å². The Balaban J connectivity index is 1.94. The average molecular weight is 295 g/mol. The van der Waals surface area contributed by atoms with Crippen LogP contribution < -0.4 is 5.73 Å². The number of benzene rings is 2. The quantitative estimate of drug-likeness (QED) is 0.808. The normalized spacial score (nSPS) is 13.1. The summed E-state index contributed by atoms with van der Waals surface area (Å²) < 4.78 is 0. The monoisotopic (exact) mass is 295 g/mol. The van der Waals surface area contributed by atoms with Gasteiger partial charge < -0.3 is 5.73 Å². The second-order valence-electron chi connectivity index (χ2n) is 7.19. The zero-order chi connectivity index (χ0) is 16.2. The summed E-state index contributed by atoms with van der Waals surface area (Å²) in [4.78, 5) is 0. The van der Waals surface area contributed by atoms with E-state index in [1.165, 1.54) is 22.3 Å². The van der Waals surface area contributed by atoms with E-state index < -0.39 is 0 Å². The van der Waals surface area contributed by atoms with Gasteiger partial charge in [-0.05, 0) is 46.9 Å². The maximum atomic E-state index is 6.33. The Morgan fingerprint density at radius 2 is 1.41 bits per heavy atom. The summed E-state index contributed by atoms with van der Waals surface area (Å²) in [5.41, 5.74) is 11.9. The molecule has 2 aromatic rings. The molecule has 0 heterocycles. The number of aryl methyl sites for hydroxylation is 2. The van der Waals surface area contributed by atoms with Crippen LogP contribution in [0.25, 0.3) is 0 Å². The fourth-order valence-electron chi connectivity index (χ4n) is 2.66. The molecule has 2 rings (SSSR count). The third-order valence-corrected chi connectivity index (χ3v) is 4.38. The van der Waals surface area contributed by atoms with Gasteiger partial charge in [0.2, 0.25) is 0 Å². The van der Waals surface area contributed by atoms with Crippen molar-refractivity contribution >= 4 is 0 Å². The molecule has 1 unspecified atom stereocenters. The molecule has 0 aliphatic carbocycles. The van der Waals surface area contributed by atoms with Crippen molar-refractivity contribution < 1.29 is 0 Å². The molecule has 0 spiro atoms. The molecule has 2 N–H and O–H groups in total. The second-order valence-corrected chi connectivity index (χ2v) is 7.19. The SMILES string of the molecule is CCc1ccc(C(N)CCc2ccc(C(C)(C)C)cc2)cc1. The molecule has 22 heavy (non-hydrogen) atoms. The van der Waals surface area contributed by atoms with Gasteiger partial charge in [-0.15, -0.1) is 0 Å². The highest BCUT2D eigenvalue weighted by molar-refractivity contribution is 5.28. The summed E-state index contributed by atoms with van der Waals surface area (Å²) in [5.74, 6) is 0. The van der Waals surface area contributed by atoms with Gasteiger partial charge >= 0.3 is 0 Å². The lowest BCUT2D eigenvalue weighted by Gasteiger charge is -2.19. The fraction of sp³-hybridized carbons (Fsp3) is 0.429. The van der Waals surface area contributed by atoms with Crippen LogP contribution in [0.3, 0.4) is 0 Å². The van der Waals surface area contributed by atoms with Gasteiger partial charge in [0.15, 0.2) is 0 Å². The predicted molar refractivity (Wildman–Crippen MR) is 96.2 cm³/mol. The van der Waals surface area contributed by atoms with Crippen LogP contribution in [0.5, 0.6) is 0 Å². The summed E-state index contributed by atoms with van der Waals surface area (Å²) in [6.07, 6.45) is 3.09. The van der Waals surface area contributed by atoms with Crippen molar-refractivity contribution in [2.75, 3.05) is 0 Å². The van der Waals surface area contributed by atoms with Gasteiger partial charge in [-0.1, -0.05) is 76.2 Å². The molecule has 1 heteroatoms. The van der Waals surface area contributed by atoms with Crippen LogP contribution in [0.2, 0.25) is 0 Å². The Kier molecular flexibility index (Phi) is 5.42. The first-order valence-electron chi connectivity index (χ1n) is 8.34. The molecule has 0 bridgehead atoms. The van der Waals surface area contributed by atoms with Crippen molar-refractivity contribution in [2.45, 2.75) is 58.4 Å². The molecule has 0 aromatic heterocycles. The largest absolute Gasteiger partial charge is 0.324 e. The molecular formula is C21H29N. The Hall–Kier alpha value is -1.60. The van der Waals surface area contributed by atoms with E-state index in [-0.39, 0.29) is 11.5 Å². The van der Waals surface area contributed by atoms with E-state index in [2.05, 4.69) is 76.2 Å². The van der Waals surface area contributed by atoms with Gasteiger partial charge in [-0.2, -0.15) is 0 Å². The van der Waals surface area contributed by atoms with Crippen LogP contribution in [0.1, 0.15) is 62.4 Å². The topological polar surface area (TPSA) is 26.0 Å². The van der Waals surface area contributed by atoms with Crippen LogP contribution in [-0.2, 0) is 18.3 Å². The number of hydrogen-bond acceptors (Lipinski definition) is 1. The first-order valence-corrected chi connectivity index (χ1v) is 8.34. The van der Waals surface area contributed by atoms with Crippen molar-refractivity contribution in [3.05, 3.63) is 70.8 Å². The lowest BCUT2D eigenvalue weighted by Crippen LogP contribution is -2.12. The Labute approximate surface area is 135 Å². The van der Waals surface area contributed by atoms with Crippen LogP contribution in [0.15, 0.2) is 48.5 Å². The van der Waals surface area contributed by atoms with E-state index in [4.69, 9.17) is 5.73 Å². The molecule has 0 saturated heterocycles.